The van der Waals surface area contributed by atoms with Gasteiger partial charge in [0, 0.05) is 36.6 Å². The summed E-state index contributed by atoms with van der Waals surface area (Å²) in [6.07, 6.45) is 5.32. The fourth-order valence-corrected chi connectivity index (χ4v) is 4.19. The summed E-state index contributed by atoms with van der Waals surface area (Å²) in [5, 5.41) is 13.3. The maximum Gasteiger partial charge on any atom is 0.204 e. The molecule has 1 saturated heterocycles. The Labute approximate surface area is 148 Å². The van der Waals surface area contributed by atoms with Gasteiger partial charge in [0.1, 0.15) is 18.1 Å². The van der Waals surface area contributed by atoms with Crippen molar-refractivity contribution in [2.45, 2.75) is 43.9 Å². The van der Waals surface area contributed by atoms with Gasteiger partial charge < -0.3 is 9.73 Å². The van der Waals surface area contributed by atoms with E-state index in [2.05, 4.69) is 31.1 Å². The van der Waals surface area contributed by atoms with Crippen LogP contribution < -0.4 is 5.32 Å². The number of likely N-dealkylation sites (tertiary alicyclic amines) is 1. The lowest BCUT2D eigenvalue weighted by atomic mass is 9.88. The molecule has 7 heteroatoms. The summed E-state index contributed by atoms with van der Waals surface area (Å²) in [7, 11) is 0. The van der Waals surface area contributed by atoms with Crippen LogP contribution in [-0.4, -0.2) is 41.2 Å². The fourth-order valence-electron chi connectivity index (χ4n) is 3.67. The van der Waals surface area contributed by atoms with Crippen molar-refractivity contribution in [1.82, 2.24) is 9.88 Å². The van der Waals surface area contributed by atoms with Crippen LogP contribution in [0.15, 0.2) is 21.2 Å². The van der Waals surface area contributed by atoms with Gasteiger partial charge in [0.15, 0.2) is 5.58 Å². The molecule has 2 aliphatic rings. The smallest absolute Gasteiger partial charge is 0.204 e. The molecule has 4 rings (SSSR count). The monoisotopic (exact) mass is 392 g/mol. The van der Waals surface area contributed by atoms with E-state index in [0.717, 1.165) is 41.4 Å². The Morgan fingerprint density at radius 2 is 2.08 bits per heavy atom. The van der Waals surface area contributed by atoms with Crippen molar-refractivity contribution in [1.29, 1.82) is 5.26 Å². The van der Waals surface area contributed by atoms with Crippen molar-refractivity contribution in [2.75, 3.05) is 18.4 Å². The molecule has 0 spiro atoms. The zero-order valence-electron chi connectivity index (χ0n) is 13.1. The third kappa shape index (κ3) is 2.89. The lowest BCUT2D eigenvalue weighted by molar-refractivity contribution is 0.0130. The summed E-state index contributed by atoms with van der Waals surface area (Å²) in [6.45, 7) is 1.21. The molecule has 1 N–H and O–H groups in total. The maximum atomic E-state index is 13.0. The molecule has 126 valence electrons. The van der Waals surface area contributed by atoms with Crippen LogP contribution in [-0.2, 0) is 0 Å². The minimum absolute atomic E-state index is 0.283. The van der Waals surface area contributed by atoms with E-state index in [0.29, 0.717) is 30.8 Å². The van der Waals surface area contributed by atoms with Gasteiger partial charge in [-0.2, -0.15) is 5.26 Å². The first kappa shape index (κ1) is 15.9. The molecule has 1 aliphatic carbocycles. The quantitative estimate of drug-likeness (QED) is 0.859. The first-order valence-corrected chi connectivity index (χ1v) is 9.06. The van der Waals surface area contributed by atoms with Gasteiger partial charge in [0.05, 0.1) is 10.7 Å². The second kappa shape index (κ2) is 6.34. The topological polar surface area (TPSA) is 65.1 Å². The van der Waals surface area contributed by atoms with Crippen LogP contribution in [0.1, 0.15) is 31.4 Å². The molecule has 2 aromatic heterocycles. The molecule has 0 amide bonds. The van der Waals surface area contributed by atoms with Gasteiger partial charge in [-0.3, -0.25) is 4.90 Å². The number of halogens is 2. The number of aromatic nitrogens is 1. The van der Waals surface area contributed by atoms with Crippen molar-refractivity contribution in [3.05, 3.63) is 22.5 Å². The molecule has 5 nitrogen and oxygen atoms in total. The molecule has 0 bridgehead atoms. The van der Waals surface area contributed by atoms with Gasteiger partial charge >= 0.3 is 0 Å². The highest BCUT2D eigenvalue weighted by Crippen LogP contribution is 2.34. The van der Waals surface area contributed by atoms with E-state index in [4.69, 9.17) is 9.68 Å². The SMILES string of the molecule is N#Cc1cc2c(Br)c(NC3CCC(N4CC(F)C4)CC3)ncc2o1. The van der Waals surface area contributed by atoms with Crippen LogP contribution in [0, 0.1) is 11.3 Å². The molecule has 0 aromatic carbocycles. The van der Waals surface area contributed by atoms with Gasteiger partial charge in [-0.05, 0) is 41.6 Å². The third-order valence-electron chi connectivity index (χ3n) is 5.05. The molecule has 0 radical (unpaired) electrons. The lowest BCUT2D eigenvalue weighted by Crippen LogP contribution is -2.54. The summed E-state index contributed by atoms with van der Waals surface area (Å²) in [5.74, 6) is 1.06. The molecule has 1 aliphatic heterocycles. The average Bonchev–Trinajstić information content (AvgIpc) is 3.00. The van der Waals surface area contributed by atoms with Crippen LogP contribution in [0.5, 0.6) is 0 Å². The minimum Gasteiger partial charge on any atom is -0.444 e. The zero-order chi connectivity index (χ0) is 16.7. The second-order valence-corrected chi connectivity index (χ2v) is 7.42. The highest BCUT2D eigenvalue weighted by atomic mass is 79.9. The number of hydrogen-bond acceptors (Lipinski definition) is 5. The number of pyridine rings is 1. The number of alkyl halides is 1. The number of hydrogen-bond donors (Lipinski definition) is 1. The Morgan fingerprint density at radius 1 is 1.33 bits per heavy atom. The van der Waals surface area contributed by atoms with Crippen LogP contribution >= 0.6 is 15.9 Å². The second-order valence-electron chi connectivity index (χ2n) is 6.62. The molecule has 1 saturated carbocycles. The minimum atomic E-state index is -0.624. The summed E-state index contributed by atoms with van der Waals surface area (Å²) in [6, 6.07) is 4.63. The molecule has 3 heterocycles. The molecular weight excluding hydrogens is 375 g/mol. The molecule has 0 unspecified atom stereocenters. The highest BCUT2D eigenvalue weighted by Gasteiger charge is 2.34. The third-order valence-corrected chi connectivity index (χ3v) is 5.85. The van der Waals surface area contributed by atoms with E-state index in [9.17, 15) is 4.39 Å². The van der Waals surface area contributed by atoms with Gasteiger partial charge in [0.2, 0.25) is 5.76 Å². The number of nitrogens with zero attached hydrogens (tertiary/aromatic N) is 3. The van der Waals surface area contributed by atoms with E-state index < -0.39 is 6.17 Å². The molecular formula is C17H18BrFN4O. The molecule has 24 heavy (non-hydrogen) atoms. The normalized spacial score (nSPS) is 25.4. The van der Waals surface area contributed by atoms with Gasteiger partial charge in [-0.25, -0.2) is 9.37 Å². The number of nitrogens with one attached hydrogen (secondary N) is 1. The first-order chi connectivity index (χ1) is 11.6. The van der Waals surface area contributed by atoms with E-state index >= 15 is 0 Å². The number of furan rings is 1. The summed E-state index contributed by atoms with van der Waals surface area (Å²) in [4.78, 5) is 6.68. The van der Waals surface area contributed by atoms with Crippen LogP contribution in [0.4, 0.5) is 10.2 Å². The van der Waals surface area contributed by atoms with Crippen molar-refractivity contribution in [2.24, 2.45) is 0 Å². The van der Waals surface area contributed by atoms with E-state index in [1.165, 1.54) is 0 Å². The van der Waals surface area contributed by atoms with Crippen molar-refractivity contribution < 1.29 is 8.81 Å². The van der Waals surface area contributed by atoms with Crippen molar-refractivity contribution in [3.8, 4) is 6.07 Å². The zero-order valence-corrected chi connectivity index (χ0v) is 14.7. The first-order valence-electron chi connectivity index (χ1n) is 8.27. The van der Waals surface area contributed by atoms with Gasteiger partial charge in [-0.15, -0.1) is 0 Å². The number of rotatable bonds is 3. The van der Waals surface area contributed by atoms with Crippen molar-refractivity contribution >= 4 is 32.7 Å². The van der Waals surface area contributed by atoms with E-state index in [1.54, 1.807) is 12.3 Å². The van der Waals surface area contributed by atoms with Crippen LogP contribution in [0.3, 0.4) is 0 Å². The number of anilines is 1. The average molecular weight is 393 g/mol. The Morgan fingerprint density at radius 3 is 2.75 bits per heavy atom. The Kier molecular flexibility index (Phi) is 4.19. The maximum absolute atomic E-state index is 13.0. The molecule has 2 aromatic rings. The van der Waals surface area contributed by atoms with Gasteiger partial charge in [-0.1, -0.05) is 0 Å². The summed E-state index contributed by atoms with van der Waals surface area (Å²) in [5.41, 5.74) is 0.603. The predicted octanol–water partition coefficient (Wildman–Crippen LogP) is 3.84. The Balaban J connectivity index is 1.42. The van der Waals surface area contributed by atoms with E-state index in [1.807, 2.05) is 6.07 Å². The Bertz CT molecular complexity index is 788. The summed E-state index contributed by atoms with van der Waals surface area (Å²) < 4.78 is 19.2. The van der Waals surface area contributed by atoms with Gasteiger partial charge in [0.25, 0.3) is 0 Å². The van der Waals surface area contributed by atoms with E-state index in [-0.39, 0.29) is 5.76 Å². The highest BCUT2D eigenvalue weighted by molar-refractivity contribution is 9.10. The lowest BCUT2D eigenvalue weighted by Gasteiger charge is -2.43. The number of nitriles is 1. The summed E-state index contributed by atoms with van der Waals surface area (Å²) >= 11 is 3.57. The number of fused-ring (bicyclic) bond motifs is 1. The van der Waals surface area contributed by atoms with Crippen LogP contribution in [0.25, 0.3) is 11.0 Å². The van der Waals surface area contributed by atoms with Crippen molar-refractivity contribution in [3.63, 3.8) is 0 Å². The largest absolute Gasteiger partial charge is 0.444 e. The Hall–Kier alpha value is -1.65. The standard InChI is InChI=1S/C17H18BrFN4O/c18-16-14-5-13(6-20)24-15(14)7-21-17(16)22-11-1-3-12(4-2-11)23-8-10(19)9-23/h5,7,10-12H,1-4,8-9H2,(H,21,22). The molecule has 0 atom stereocenters. The predicted molar refractivity (Wildman–Crippen MR) is 92.6 cm³/mol. The fraction of sp³-hybridized carbons (Fsp3) is 0.529. The van der Waals surface area contributed by atoms with Crippen LogP contribution in [0.2, 0.25) is 0 Å². The molecule has 2 fully saturated rings.